The first-order valence-electron chi connectivity index (χ1n) is 9.37. The van der Waals surface area contributed by atoms with Crippen molar-refractivity contribution < 1.29 is 22.7 Å². The van der Waals surface area contributed by atoms with Crippen molar-refractivity contribution in [2.45, 2.75) is 31.6 Å². The van der Waals surface area contributed by atoms with Gasteiger partial charge in [0.1, 0.15) is 0 Å². The number of rotatable bonds is 8. The highest BCUT2D eigenvalue weighted by atomic mass is 32.2. The predicted molar refractivity (Wildman–Crippen MR) is 105 cm³/mol. The van der Waals surface area contributed by atoms with Crippen molar-refractivity contribution in [1.29, 1.82) is 0 Å². The van der Waals surface area contributed by atoms with E-state index >= 15 is 0 Å². The number of benzene rings is 1. The molecule has 156 valence electrons. The van der Waals surface area contributed by atoms with Crippen LogP contribution in [0.3, 0.4) is 0 Å². The van der Waals surface area contributed by atoms with Crippen LogP contribution < -0.4 is 5.32 Å². The number of amides is 1. The molecule has 0 radical (unpaired) electrons. The van der Waals surface area contributed by atoms with E-state index in [0.717, 1.165) is 11.1 Å². The summed E-state index contributed by atoms with van der Waals surface area (Å²) < 4.78 is 31.9. The van der Waals surface area contributed by atoms with E-state index in [4.69, 9.17) is 0 Å². The van der Waals surface area contributed by atoms with Crippen molar-refractivity contribution in [3.05, 3.63) is 29.3 Å². The molecule has 1 aromatic carbocycles. The fourth-order valence-electron chi connectivity index (χ4n) is 3.07. The smallest absolute Gasteiger partial charge is 0.305 e. The highest BCUT2D eigenvalue weighted by molar-refractivity contribution is 7.89. The standard InChI is InChI=1S/C19H29N3O5S/c1-15-6-7-16(2)17(13-15)28(25,26)22-11-9-21(10-12-22)14-18(23)20-8-4-5-19(24)27-3/h6-7,13H,4-5,8-12,14H2,1-3H3,(H,20,23). The Kier molecular flexibility index (Phi) is 7.97. The summed E-state index contributed by atoms with van der Waals surface area (Å²) in [4.78, 5) is 25.3. The van der Waals surface area contributed by atoms with Gasteiger partial charge in [0.25, 0.3) is 0 Å². The molecule has 1 amide bonds. The van der Waals surface area contributed by atoms with E-state index in [0.29, 0.717) is 44.0 Å². The number of methoxy groups -OCH3 is 1. The lowest BCUT2D eigenvalue weighted by Crippen LogP contribution is -2.51. The van der Waals surface area contributed by atoms with Crippen LogP contribution in [0.4, 0.5) is 0 Å². The van der Waals surface area contributed by atoms with Gasteiger partial charge in [-0.15, -0.1) is 0 Å². The Morgan fingerprint density at radius 2 is 1.82 bits per heavy atom. The fourth-order valence-corrected chi connectivity index (χ4v) is 4.81. The summed E-state index contributed by atoms with van der Waals surface area (Å²) in [5, 5.41) is 2.77. The number of carbonyl (C=O) groups excluding carboxylic acids is 2. The number of piperazine rings is 1. The van der Waals surface area contributed by atoms with E-state index in [9.17, 15) is 18.0 Å². The molecule has 1 heterocycles. The monoisotopic (exact) mass is 411 g/mol. The van der Waals surface area contributed by atoms with Crippen LogP contribution >= 0.6 is 0 Å². The first-order chi connectivity index (χ1) is 13.2. The highest BCUT2D eigenvalue weighted by Crippen LogP contribution is 2.22. The molecular formula is C19H29N3O5S. The number of sulfonamides is 1. The van der Waals surface area contributed by atoms with Crippen LogP contribution in [0.15, 0.2) is 23.1 Å². The first-order valence-corrected chi connectivity index (χ1v) is 10.8. The maximum absolute atomic E-state index is 12.9. The lowest BCUT2D eigenvalue weighted by Gasteiger charge is -2.33. The minimum atomic E-state index is -3.53. The average molecular weight is 412 g/mol. The highest BCUT2D eigenvalue weighted by Gasteiger charge is 2.30. The summed E-state index contributed by atoms with van der Waals surface area (Å²) in [5.74, 6) is -0.425. The predicted octanol–water partition coefficient (Wildman–Crippen LogP) is 0.679. The Morgan fingerprint density at radius 1 is 1.14 bits per heavy atom. The van der Waals surface area contributed by atoms with Gasteiger partial charge in [0, 0.05) is 39.1 Å². The Bertz CT molecular complexity index is 802. The van der Waals surface area contributed by atoms with Crippen molar-refractivity contribution in [3.63, 3.8) is 0 Å². The molecule has 0 aromatic heterocycles. The van der Waals surface area contributed by atoms with Crippen LogP contribution in [-0.2, 0) is 24.3 Å². The molecule has 1 aliphatic heterocycles. The number of hydrogen-bond donors (Lipinski definition) is 1. The number of carbonyl (C=O) groups is 2. The topological polar surface area (TPSA) is 96.0 Å². The molecular weight excluding hydrogens is 382 g/mol. The lowest BCUT2D eigenvalue weighted by molar-refractivity contribution is -0.140. The Morgan fingerprint density at radius 3 is 2.46 bits per heavy atom. The third-order valence-corrected chi connectivity index (χ3v) is 6.81. The van der Waals surface area contributed by atoms with Crippen LogP contribution in [-0.4, -0.2) is 75.9 Å². The van der Waals surface area contributed by atoms with Crippen LogP contribution in [0.25, 0.3) is 0 Å². The van der Waals surface area contributed by atoms with Gasteiger partial charge < -0.3 is 10.1 Å². The molecule has 28 heavy (non-hydrogen) atoms. The van der Waals surface area contributed by atoms with E-state index in [-0.39, 0.29) is 24.8 Å². The van der Waals surface area contributed by atoms with Gasteiger partial charge in [-0.3, -0.25) is 14.5 Å². The maximum Gasteiger partial charge on any atom is 0.305 e. The van der Waals surface area contributed by atoms with E-state index in [1.54, 1.807) is 13.0 Å². The summed E-state index contributed by atoms with van der Waals surface area (Å²) in [7, 11) is -2.20. The molecule has 1 aromatic rings. The van der Waals surface area contributed by atoms with Gasteiger partial charge in [0.05, 0.1) is 18.6 Å². The maximum atomic E-state index is 12.9. The molecule has 9 heteroatoms. The molecule has 1 fully saturated rings. The van der Waals surface area contributed by atoms with Gasteiger partial charge in [-0.2, -0.15) is 4.31 Å². The third-order valence-electron chi connectivity index (χ3n) is 4.77. The average Bonchev–Trinajstić information content (AvgIpc) is 2.67. The number of hydrogen-bond acceptors (Lipinski definition) is 6. The molecule has 1 saturated heterocycles. The number of esters is 1. The first kappa shape index (κ1) is 22.3. The van der Waals surface area contributed by atoms with Crippen molar-refractivity contribution in [1.82, 2.24) is 14.5 Å². The molecule has 0 saturated carbocycles. The molecule has 0 aliphatic carbocycles. The summed E-state index contributed by atoms with van der Waals surface area (Å²) in [6.45, 7) is 6.01. The van der Waals surface area contributed by atoms with Crippen LogP contribution in [0.2, 0.25) is 0 Å². The summed E-state index contributed by atoms with van der Waals surface area (Å²) in [6, 6.07) is 5.43. The van der Waals surface area contributed by atoms with Gasteiger partial charge in [-0.05, 0) is 37.5 Å². The Balaban J connectivity index is 1.81. The molecule has 0 unspecified atom stereocenters. The third kappa shape index (κ3) is 6.02. The van der Waals surface area contributed by atoms with Crippen LogP contribution in [0.5, 0.6) is 0 Å². The SMILES string of the molecule is COC(=O)CCCNC(=O)CN1CCN(S(=O)(=O)c2cc(C)ccc2C)CC1. The second-order valence-corrected chi connectivity index (χ2v) is 8.89. The Hall–Kier alpha value is -1.97. The largest absolute Gasteiger partial charge is 0.469 e. The normalized spacial score (nSPS) is 16.0. The van der Waals surface area contributed by atoms with E-state index < -0.39 is 10.0 Å². The number of ether oxygens (including phenoxy) is 1. The van der Waals surface area contributed by atoms with Gasteiger partial charge in [0.2, 0.25) is 15.9 Å². The molecule has 1 aliphatic rings. The van der Waals surface area contributed by atoms with Gasteiger partial charge >= 0.3 is 5.97 Å². The summed E-state index contributed by atoms with van der Waals surface area (Å²) in [6.07, 6.45) is 0.798. The van der Waals surface area contributed by atoms with E-state index in [1.807, 2.05) is 24.0 Å². The zero-order chi connectivity index (χ0) is 20.7. The van der Waals surface area contributed by atoms with Crippen LogP contribution in [0.1, 0.15) is 24.0 Å². The van der Waals surface area contributed by atoms with Gasteiger partial charge in [-0.1, -0.05) is 12.1 Å². The van der Waals surface area contributed by atoms with Gasteiger partial charge in [0.15, 0.2) is 0 Å². The molecule has 8 nitrogen and oxygen atoms in total. The zero-order valence-corrected chi connectivity index (χ0v) is 17.5. The molecule has 0 spiro atoms. The minimum absolute atomic E-state index is 0.129. The van der Waals surface area contributed by atoms with Gasteiger partial charge in [-0.25, -0.2) is 8.42 Å². The number of nitrogens with one attached hydrogen (secondary N) is 1. The second kappa shape index (κ2) is 9.99. The molecule has 0 bridgehead atoms. The summed E-state index contributed by atoms with van der Waals surface area (Å²) >= 11 is 0. The molecule has 2 rings (SSSR count). The van der Waals surface area contributed by atoms with Crippen molar-refractivity contribution in [2.24, 2.45) is 0 Å². The zero-order valence-electron chi connectivity index (χ0n) is 16.7. The Labute approximate surface area is 166 Å². The number of aryl methyl sites for hydroxylation is 2. The van der Waals surface area contributed by atoms with Crippen molar-refractivity contribution in [3.8, 4) is 0 Å². The quantitative estimate of drug-likeness (QED) is 0.499. The number of nitrogens with zero attached hydrogens (tertiary/aromatic N) is 2. The van der Waals surface area contributed by atoms with E-state index in [1.165, 1.54) is 11.4 Å². The second-order valence-electron chi connectivity index (χ2n) is 6.98. The lowest BCUT2D eigenvalue weighted by atomic mass is 10.2. The van der Waals surface area contributed by atoms with Crippen molar-refractivity contribution in [2.75, 3.05) is 46.4 Å². The molecule has 1 N–H and O–H groups in total. The van der Waals surface area contributed by atoms with Crippen LogP contribution in [0, 0.1) is 13.8 Å². The van der Waals surface area contributed by atoms with E-state index in [2.05, 4.69) is 10.1 Å². The van der Waals surface area contributed by atoms with Crippen molar-refractivity contribution >= 4 is 21.9 Å². The fraction of sp³-hybridized carbons (Fsp3) is 0.579. The summed E-state index contributed by atoms with van der Waals surface area (Å²) in [5.41, 5.74) is 1.64. The molecule has 0 atom stereocenters. The minimum Gasteiger partial charge on any atom is -0.469 e.